The van der Waals surface area contributed by atoms with Crippen molar-refractivity contribution in [3.8, 4) is 0 Å². The highest BCUT2D eigenvalue weighted by Gasteiger charge is 2.35. The monoisotopic (exact) mass is 324 g/mol. The summed E-state index contributed by atoms with van der Waals surface area (Å²) in [5.74, 6) is 0.648. The molecule has 2 bridgehead atoms. The number of aromatic nitrogens is 1. The minimum Gasteiger partial charge on any atom is -0.310 e. The number of hydrogen-bond acceptors (Lipinski definition) is 2. The molecule has 0 spiro atoms. The molecule has 5 rings (SSSR count). The van der Waals surface area contributed by atoms with E-state index in [0.717, 1.165) is 17.3 Å². The first-order valence-electron chi connectivity index (χ1n) is 7.26. The third-order valence-electron chi connectivity index (χ3n) is 4.90. The quantitative estimate of drug-likeness (QED) is 0.803. The zero-order valence-electron chi connectivity index (χ0n) is 11.7. The van der Waals surface area contributed by atoms with Gasteiger partial charge < -0.3 is 9.47 Å². The van der Waals surface area contributed by atoms with Gasteiger partial charge in [0.25, 0.3) is 5.56 Å². The van der Waals surface area contributed by atoms with Gasteiger partial charge in [-0.2, -0.15) is 0 Å². The summed E-state index contributed by atoms with van der Waals surface area (Å²) in [5, 5.41) is 2.24. The van der Waals surface area contributed by atoms with Gasteiger partial charge in [-0.05, 0) is 50.0 Å². The third kappa shape index (κ3) is 2.37. The maximum atomic E-state index is 12.7. The van der Waals surface area contributed by atoms with Crippen molar-refractivity contribution in [1.29, 1.82) is 0 Å². The van der Waals surface area contributed by atoms with Crippen LogP contribution in [0.1, 0.15) is 18.9 Å². The van der Waals surface area contributed by atoms with E-state index in [0.29, 0.717) is 17.0 Å². The number of benzene rings is 1. The molecule has 4 heterocycles. The van der Waals surface area contributed by atoms with Crippen molar-refractivity contribution in [2.75, 3.05) is 19.6 Å². The van der Waals surface area contributed by atoms with Crippen molar-refractivity contribution in [2.24, 2.45) is 5.92 Å². The molecule has 3 aliphatic heterocycles. The predicted molar refractivity (Wildman–Crippen MR) is 88.7 cm³/mol. The number of piperidine rings is 3. The number of fused-ring (bicyclic) bond motifs is 4. The highest BCUT2D eigenvalue weighted by molar-refractivity contribution is 6.35. The van der Waals surface area contributed by atoms with Crippen molar-refractivity contribution < 1.29 is 0 Å². The first kappa shape index (κ1) is 14.9. The molecule has 0 saturated carbocycles. The Bertz CT molecular complexity index is 720. The molecule has 2 aromatic rings. The Hall–Kier alpha value is -1.03. The lowest BCUT2D eigenvalue weighted by Crippen LogP contribution is -2.49. The van der Waals surface area contributed by atoms with Crippen molar-refractivity contribution in [3.05, 3.63) is 45.8 Å². The third-order valence-corrected chi connectivity index (χ3v) is 5.23. The number of rotatable bonds is 1. The van der Waals surface area contributed by atoms with Crippen molar-refractivity contribution >= 4 is 34.8 Å². The van der Waals surface area contributed by atoms with Crippen LogP contribution in [0.5, 0.6) is 0 Å². The van der Waals surface area contributed by atoms with Gasteiger partial charge in [-0.1, -0.05) is 17.7 Å². The van der Waals surface area contributed by atoms with Crippen molar-refractivity contribution in [1.82, 2.24) is 9.47 Å². The molecule has 1 atom stereocenters. The molecule has 0 amide bonds. The van der Waals surface area contributed by atoms with Crippen LogP contribution in [0.2, 0.25) is 5.02 Å². The normalized spacial score (nSPS) is 27.6. The highest BCUT2D eigenvalue weighted by atomic mass is 35.5. The Morgan fingerprint density at radius 3 is 2.52 bits per heavy atom. The molecule has 0 aliphatic carbocycles. The average molecular weight is 325 g/mol. The summed E-state index contributed by atoms with van der Waals surface area (Å²) in [6, 6.07) is 7.88. The molecule has 0 radical (unpaired) electrons. The fourth-order valence-corrected chi connectivity index (χ4v) is 4.00. The highest BCUT2D eigenvalue weighted by Crippen LogP contribution is 2.35. The van der Waals surface area contributed by atoms with Crippen LogP contribution >= 0.6 is 24.0 Å². The minimum atomic E-state index is 0. The maximum Gasteiger partial charge on any atom is 0.258 e. The molecule has 3 saturated heterocycles. The van der Waals surface area contributed by atoms with Crippen molar-refractivity contribution in [2.45, 2.75) is 18.9 Å². The lowest BCUT2D eigenvalue weighted by Gasteiger charge is -2.45. The molecule has 1 aromatic heterocycles. The van der Waals surface area contributed by atoms with Gasteiger partial charge in [0.05, 0.1) is 6.04 Å². The Balaban J connectivity index is 0.00000132. The molecule has 0 N–H and O–H groups in total. The summed E-state index contributed by atoms with van der Waals surface area (Å²) in [7, 11) is 0. The zero-order valence-corrected chi connectivity index (χ0v) is 13.2. The molecular formula is C16H18Cl2N2O. The molecule has 0 unspecified atom stereocenters. The Morgan fingerprint density at radius 1 is 1.10 bits per heavy atom. The van der Waals surface area contributed by atoms with Crippen LogP contribution in [0.4, 0.5) is 0 Å². The predicted octanol–water partition coefficient (Wildman–Crippen LogP) is 3.34. The van der Waals surface area contributed by atoms with E-state index in [1.807, 2.05) is 35.0 Å². The standard InChI is InChI=1S/C16H17ClN2O.ClH/c17-14-3-1-2-13-12(14)6-9-19(16(13)20)15-10-18-7-4-11(15)5-8-18;/h1-3,6,9,11,15H,4-5,7-8,10H2;1H/t15-;/m1./s1. The number of hydrogen-bond donors (Lipinski definition) is 0. The van der Waals surface area contributed by atoms with Gasteiger partial charge >= 0.3 is 0 Å². The summed E-state index contributed by atoms with van der Waals surface area (Å²) in [4.78, 5) is 15.2. The summed E-state index contributed by atoms with van der Waals surface area (Å²) < 4.78 is 1.94. The van der Waals surface area contributed by atoms with Gasteiger partial charge in [0.2, 0.25) is 0 Å². The summed E-state index contributed by atoms with van der Waals surface area (Å²) in [6.45, 7) is 3.39. The average Bonchev–Trinajstić information content (AvgIpc) is 2.50. The van der Waals surface area contributed by atoms with Gasteiger partial charge in [0.15, 0.2) is 0 Å². The van der Waals surface area contributed by atoms with E-state index < -0.39 is 0 Å². The maximum absolute atomic E-state index is 12.7. The summed E-state index contributed by atoms with van der Waals surface area (Å²) >= 11 is 6.17. The molecule has 112 valence electrons. The second-order valence-electron chi connectivity index (χ2n) is 5.93. The fraction of sp³-hybridized carbons (Fsp3) is 0.438. The lowest BCUT2D eigenvalue weighted by atomic mass is 9.84. The van der Waals surface area contributed by atoms with E-state index in [2.05, 4.69) is 4.90 Å². The first-order valence-corrected chi connectivity index (χ1v) is 7.63. The van der Waals surface area contributed by atoms with Crippen LogP contribution in [-0.2, 0) is 0 Å². The second kappa shape index (κ2) is 5.64. The molecule has 3 aliphatic rings. The van der Waals surface area contributed by atoms with Gasteiger partial charge in [-0.25, -0.2) is 0 Å². The van der Waals surface area contributed by atoms with E-state index >= 15 is 0 Å². The second-order valence-corrected chi connectivity index (χ2v) is 6.34. The van der Waals surface area contributed by atoms with Crippen LogP contribution in [0.15, 0.2) is 35.3 Å². The van der Waals surface area contributed by atoms with Gasteiger partial charge in [-0.3, -0.25) is 4.79 Å². The van der Waals surface area contributed by atoms with Crippen LogP contribution in [0, 0.1) is 5.92 Å². The first-order chi connectivity index (χ1) is 9.74. The molecule has 1 aromatic carbocycles. The van der Waals surface area contributed by atoms with Crippen LogP contribution < -0.4 is 5.56 Å². The summed E-state index contributed by atoms with van der Waals surface area (Å²) in [6.07, 6.45) is 4.36. The number of pyridine rings is 1. The van der Waals surface area contributed by atoms with Crippen LogP contribution in [0.3, 0.4) is 0 Å². The van der Waals surface area contributed by atoms with Crippen LogP contribution in [0.25, 0.3) is 10.8 Å². The Labute approximate surface area is 134 Å². The van der Waals surface area contributed by atoms with Crippen LogP contribution in [-0.4, -0.2) is 29.1 Å². The molecular weight excluding hydrogens is 307 g/mol. The van der Waals surface area contributed by atoms with Gasteiger partial charge in [0.1, 0.15) is 0 Å². The molecule has 3 fully saturated rings. The molecule has 5 heteroatoms. The fourth-order valence-electron chi connectivity index (χ4n) is 3.76. The minimum absolute atomic E-state index is 0. The molecule has 3 nitrogen and oxygen atoms in total. The van der Waals surface area contributed by atoms with Gasteiger partial charge in [0, 0.05) is 28.5 Å². The van der Waals surface area contributed by atoms with E-state index in [4.69, 9.17) is 11.6 Å². The zero-order chi connectivity index (χ0) is 13.7. The lowest BCUT2D eigenvalue weighted by molar-refractivity contribution is 0.0556. The smallest absolute Gasteiger partial charge is 0.258 e. The van der Waals surface area contributed by atoms with E-state index in [-0.39, 0.29) is 18.0 Å². The van der Waals surface area contributed by atoms with Gasteiger partial charge in [-0.15, -0.1) is 12.4 Å². The largest absolute Gasteiger partial charge is 0.310 e. The molecule has 21 heavy (non-hydrogen) atoms. The van der Waals surface area contributed by atoms with E-state index in [1.165, 1.54) is 25.9 Å². The number of nitrogens with zero attached hydrogens (tertiary/aromatic N) is 2. The topological polar surface area (TPSA) is 25.2 Å². The van der Waals surface area contributed by atoms with E-state index in [1.54, 1.807) is 0 Å². The van der Waals surface area contributed by atoms with E-state index in [9.17, 15) is 4.79 Å². The van der Waals surface area contributed by atoms with Crippen molar-refractivity contribution in [3.63, 3.8) is 0 Å². The number of halogens is 2. The SMILES string of the molecule is Cl.O=c1c2cccc(Cl)c2ccn1[C@@H]1CN2CCC1CC2. The Morgan fingerprint density at radius 2 is 1.86 bits per heavy atom. The summed E-state index contributed by atoms with van der Waals surface area (Å²) in [5.41, 5.74) is 0.101. The Kier molecular flexibility index (Phi) is 4.00.